The van der Waals surface area contributed by atoms with E-state index >= 15 is 0 Å². The Morgan fingerprint density at radius 3 is 2.16 bits per heavy atom. The molecule has 1 aliphatic heterocycles. The van der Waals surface area contributed by atoms with Crippen LogP contribution in [-0.4, -0.2) is 35.8 Å². The topological polar surface area (TPSA) is 63.7 Å². The van der Waals surface area contributed by atoms with Crippen molar-refractivity contribution in [2.45, 2.75) is 12.8 Å². The van der Waals surface area contributed by atoms with E-state index in [4.69, 9.17) is 4.74 Å². The lowest BCUT2D eigenvalue weighted by molar-refractivity contribution is -0.142. The van der Waals surface area contributed by atoms with Crippen LogP contribution < -0.4 is 0 Å². The fraction of sp³-hybridized carbons (Fsp3) is 0.211. The van der Waals surface area contributed by atoms with Crippen molar-refractivity contribution in [2.24, 2.45) is 0 Å². The SMILES string of the molecule is O=C(Cc1ccc(F)cc1)OCCCN1C(=O)c2ccccc2C1=O. The Morgan fingerprint density at radius 2 is 1.56 bits per heavy atom. The molecule has 0 bridgehead atoms. The average Bonchev–Trinajstić information content (AvgIpc) is 2.86. The molecule has 2 aromatic carbocycles. The van der Waals surface area contributed by atoms with Crippen molar-refractivity contribution >= 4 is 17.8 Å². The van der Waals surface area contributed by atoms with E-state index in [2.05, 4.69) is 0 Å². The maximum Gasteiger partial charge on any atom is 0.310 e. The lowest BCUT2D eigenvalue weighted by Crippen LogP contribution is -2.31. The van der Waals surface area contributed by atoms with Gasteiger partial charge >= 0.3 is 5.97 Å². The maximum absolute atomic E-state index is 12.8. The third-order valence-corrected chi connectivity index (χ3v) is 3.93. The number of hydrogen-bond donors (Lipinski definition) is 0. The summed E-state index contributed by atoms with van der Waals surface area (Å²) in [6.07, 6.45) is 0.411. The van der Waals surface area contributed by atoms with Gasteiger partial charge in [0.15, 0.2) is 0 Å². The fourth-order valence-electron chi connectivity index (χ4n) is 2.67. The lowest BCUT2D eigenvalue weighted by Gasteiger charge is -2.13. The van der Waals surface area contributed by atoms with Crippen LogP contribution in [0.3, 0.4) is 0 Å². The van der Waals surface area contributed by atoms with Crippen molar-refractivity contribution in [3.8, 4) is 0 Å². The Bertz CT molecular complexity index is 781. The summed E-state index contributed by atoms with van der Waals surface area (Å²) in [5.41, 5.74) is 1.47. The van der Waals surface area contributed by atoms with Gasteiger partial charge in [-0.2, -0.15) is 0 Å². The summed E-state index contributed by atoms with van der Waals surface area (Å²) in [7, 11) is 0. The molecule has 2 aromatic rings. The predicted octanol–water partition coefficient (Wildman–Crippen LogP) is 2.60. The molecular formula is C19H16FNO4. The molecular weight excluding hydrogens is 325 g/mol. The van der Waals surface area contributed by atoms with Crippen LogP contribution in [0.2, 0.25) is 0 Å². The van der Waals surface area contributed by atoms with Crippen molar-refractivity contribution in [3.63, 3.8) is 0 Å². The van der Waals surface area contributed by atoms with Gasteiger partial charge in [0.05, 0.1) is 24.2 Å². The molecule has 0 fully saturated rings. The Morgan fingerprint density at radius 1 is 0.960 bits per heavy atom. The Hall–Kier alpha value is -3.02. The van der Waals surface area contributed by atoms with Crippen LogP contribution in [0, 0.1) is 5.82 Å². The molecule has 0 atom stereocenters. The zero-order valence-electron chi connectivity index (χ0n) is 13.4. The summed E-state index contributed by atoms with van der Waals surface area (Å²) >= 11 is 0. The van der Waals surface area contributed by atoms with Crippen LogP contribution in [0.25, 0.3) is 0 Å². The average molecular weight is 341 g/mol. The molecule has 0 unspecified atom stereocenters. The minimum Gasteiger partial charge on any atom is -0.465 e. The van der Waals surface area contributed by atoms with Crippen LogP contribution in [0.15, 0.2) is 48.5 Å². The predicted molar refractivity (Wildman–Crippen MR) is 87.5 cm³/mol. The molecule has 0 N–H and O–H groups in total. The summed E-state index contributed by atoms with van der Waals surface area (Å²) in [6.45, 7) is 0.295. The Kier molecular flexibility index (Phi) is 4.88. The second kappa shape index (κ2) is 7.25. The summed E-state index contributed by atoms with van der Waals surface area (Å²) in [5, 5.41) is 0. The fourth-order valence-corrected chi connectivity index (χ4v) is 2.67. The molecule has 1 aliphatic rings. The summed E-state index contributed by atoms with van der Waals surface area (Å²) < 4.78 is 17.9. The van der Waals surface area contributed by atoms with Gasteiger partial charge in [0.25, 0.3) is 11.8 Å². The number of benzene rings is 2. The number of carbonyl (C=O) groups is 3. The number of amides is 2. The van der Waals surface area contributed by atoms with Crippen molar-refractivity contribution < 1.29 is 23.5 Å². The van der Waals surface area contributed by atoms with E-state index < -0.39 is 5.97 Å². The summed E-state index contributed by atoms with van der Waals surface area (Å²) in [6, 6.07) is 12.3. The van der Waals surface area contributed by atoms with E-state index in [0.29, 0.717) is 23.1 Å². The quantitative estimate of drug-likeness (QED) is 0.460. The molecule has 0 aliphatic carbocycles. The first-order valence-corrected chi connectivity index (χ1v) is 7.91. The van der Waals surface area contributed by atoms with Gasteiger partial charge < -0.3 is 4.74 Å². The molecule has 6 heteroatoms. The first-order valence-electron chi connectivity index (χ1n) is 7.91. The van der Waals surface area contributed by atoms with Gasteiger partial charge in [0.1, 0.15) is 5.82 Å². The standard InChI is InChI=1S/C19H16FNO4/c20-14-8-6-13(7-9-14)12-17(22)25-11-3-10-21-18(23)15-4-1-2-5-16(15)19(21)24/h1-2,4-9H,3,10-12H2. The molecule has 0 spiro atoms. The molecule has 5 nitrogen and oxygen atoms in total. The van der Waals surface area contributed by atoms with E-state index in [0.717, 1.165) is 0 Å². The van der Waals surface area contributed by atoms with Crippen LogP contribution in [0.1, 0.15) is 32.7 Å². The molecule has 0 saturated carbocycles. The lowest BCUT2D eigenvalue weighted by atomic mass is 10.1. The van der Waals surface area contributed by atoms with Gasteiger partial charge in [-0.05, 0) is 36.2 Å². The van der Waals surface area contributed by atoms with E-state index in [1.54, 1.807) is 24.3 Å². The van der Waals surface area contributed by atoms with E-state index in [1.165, 1.54) is 29.2 Å². The first kappa shape index (κ1) is 16.8. The van der Waals surface area contributed by atoms with E-state index in [9.17, 15) is 18.8 Å². The molecule has 128 valence electrons. The van der Waals surface area contributed by atoms with Crippen LogP contribution in [-0.2, 0) is 16.0 Å². The highest BCUT2D eigenvalue weighted by atomic mass is 19.1. The third-order valence-electron chi connectivity index (χ3n) is 3.93. The minimum absolute atomic E-state index is 0.0489. The van der Waals surface area contributed by atoms with Crippen LogP contribution in [0.4, 0.5) is 4.39 Å². The number of esters is 1. The van der Waals surface area contributed by atoms with Crippen LogP contribution >= 0.6 is 0 Å². The molecule has 0 saturated heterocycles. The number of halogens is 1. The zero-order valence-corrected chi connectivity index (χ0v) is 13.4. The number of ether oxygens (including phenoxy) is 1. The van der Waals surface area contributed by atoms with Crippen molar-refractivity contribution in [3.05, 3.63) is 71.0 Å². The first-order chi connectivity index (χ1) is 12.1. The van der Waals surface area contributed by atoms with Gasteiger partial charge in [-0.15, -0.1) is 0 Å². The largest absolute Gasteiger partial charge is 0.465 e. The highest BCUT2D eigenvalue weighted by Gasteiger charge is 2.34. The number of carbonyl (C=O) groups excluding carboxylic acids is 3. The molecule has 2 amide bonds. The van der Waals surface area contributed by atoms with Gasteiger partial charge in [-0.25, -0.2) is 4.39 Å². The third kappa shape index (κ3) is 3.74. The number of imide groups is 1. The molecule has 1 heterocycles. The molecule has 0 aromatic heterocycles. The molecule has 0 radical (unpaired) electrons. The molecule has 25 heavy (non-hydrogen) atoms. The zero-order chi connectivity index (χ0) is 17.8. The Balaban J connectivity index is 1.45. The van der Waals surface area contributed by atoms with Gasteiger partial charge in [-0.1, -0.05) is 24.3 Å². The normalized spacial score (nSPS) is 13.1. The number of nitrogens with zero attached hydrogens (tertiary/aromatic N) is 1. The van der Waals surface area contributed by atoms with Gasteiger partial charge in [0.2, 0.25) is 0 Å². The van der Waals surface area contributed by atoms with Crippen molar-refractivity contribution in [2.75, 3.05) is 13.2 Å². The van der Waals surface area contributed by atoms with E-state index in [1.807, 2.05) is 0 Å². The smallest absolute Gasteiger partial charge is 0.310 e. The van der Waals surface area contributed by atoms with Crippen molar-refractivity contribution in [1.29, 1.82) is 0 Å². The second-order valence-electron chi connectivity index (χ2n) is 5.68. The number of rotatable bonds is 6. The molecule has 3 rings (SSSR count). The highest BCUT2D eigenvalue weighted by molar-refractivity contribution is 6.21. The minimum atomic E-state index is -0.436. The maximum atomic E-state index is 12.8. The number of fused-ring (bicyclic) bond motifs is 1. The van der Waals surface area contributed by atoms with Crippen molar-refractivity contribution in [1.82, 2.24) is 4.90 Å². The van der Waals surface area contributed by atoms with Crippen LogP contribution in [0.5, 0.6) is 0 Å². The summed E-state index contributed by atoms with van der Waals surface area (Å²) in [4.78, 5) is 37.2. The Labute approximate surface area is 144 Å². The van der Waals surface area contributed by atoms with Gasteiger partial charge in [-0.3, -0.25) is 19.3 Å². The highest BCUT2D eigenvalue weighted by Crippen LogP contribution is 2.22. The summed E-state index contributed by atoms with van der Waals surface area (Å²) in [5.74, 6) is -1.44. The van der Waals surface area contributed by atoms with E-state index in [-0.39, 0.29) is 37.2 Å². The van der Waals surface area contributed by atoms with Gasteiger partial charge in [0, 0.05) is 6.54 Å². The monoisotopic (exact) mass is 341 g/mol. The second-order valence-corrected chi connectivity index (χ2v) is 5.68. The number of hydrogen-bond acceptors (Lipinski definition) is 4.